The topological polar surface area (TPSA) is 29.9 Å². The van der Waals surface area contributed by atoms with Crippen LogP contribution < -0.4 is 5.32 Å². The Balaban J connectivity index is 1.50. The van der Waals surface area contributed by atoms with Crippen molar-refractivity contribution in [3.05, 3.63) is 48.3 Å². The van der Waals surface area contributed by atoms with Crippen LogP contribution in [0.4, 0.5) is 0 Å². The van der Waals surface area contributed by atoms with Gasteiger partial charge >= 0.3 is 0 Å². The molecule has 112 valence electrons. The van der Waals surface area contributed by atoms with Crippen molar-refractivity contribution in [1.82, 2.24) is 15.1 Å². The first-order chi connectivity index (χ1) is 10.3. The van der Waals surface area contributed by atoms with E-state index in [1.165, 1.54) is 37.7 Å². The van der Waals surface area contributed by atoms with Gasteiger partial charge in [-0.05, 0) is 55.4 Å². The highest BCUT2D eigenvalue weighted by Gasteiger charge is 2.19. The molecule has 3 rings (SSSR count). The summed E-state index contributed by atoms with van der Waals surface area (Å²) in [5.74, 6) is 0.969. The molecule has 21 heavy (non-hydrogen) atoms. The minimum atomic E-state index is 0.707. The summed E-state index contributed by atoms with van der Waals surface area (Å²) < 4.78 is 1.89. The molecule has 3 nitrogen and oxygen atoms in total. The molecule has 0 bridgehead atoms. The van der Waals surface area contributed by atoms with Gasteiger partial charge in [0.15, 0.2) is 0 Å². The molecule has 1 aromatic heterocycles. The molecule has 1 heterocycles. The van der Waals surface area contributed by atoms with Crippen molar-refractivity contribution in [2.75, 3.05) is 0 Å². The fourth-order valence-electron chi connectivity index (χ4n) is 3.23. The van der Waals surface area contributed by atoms with Crippen LogP contribution in [0.1, 0.15) is 44.6 Å². The van der Waals surface area contributed by atoms with Crippen LogP contribution in [0.25, 0.3) is 5.69 Å². The zero-order valence-corrected chi connectivity index (χ0v) is 12.8. The summed E-state index contributed by atoms with van der Waals surface area (Å²) in [7, 11) is 0. The highest BCUT2D eigenvalue weighted by molar-refractivity contribution is 5.33. The number of nitrogens with zero attached hydrogens (tertiary/aromatic N) is 2. The number of nitrogens with one attached hydrogen (secondary N) is 1. The largest absolute Gasteiger partial charge is 0.310 e. The lowest BCUT2D eigenvalue weighted by atomic mass is 9.84. The van der Waals surface area contributed by atoms with Gasteiger partial charge in [0, 0.05) is 25.0 Å². The number of aromatic nitrogens is 2. The molecule has 0 radical (unpaired) electrons. The van der Waals surface area contributed by atoms with E-state index in [1.54, 1.807) is 0 Å². The molecule has 1 N–H and O–H groups in total. The van der Waals surface area contributed by atoms with Gasteiger partial charge < -0.3 is 5.32 Å². The third kappa shape index (κ3) is 3.73. The predicted molar refractivity (Wildman–Crippen MR) is 86.4 cm³/mol. The lowest BCUT2D eigenvalue weighted by molar-refractivity contribution is 0.285. The third-order valence-corrected chi connectivity index (χ3v) is 4.72. The van der Waals surface area contributed by atoms with Crippen LogP contribution in [0.15, 0.2) is 42.7 Å². The molecule has 0 atom stereocenters. The Morgan fingerprint density at radius 3 is 2.52 bits per heavy atom. The van der Waals surface area contributed by atoms with Crippen LogP contribution in [-0.4, -0.2) is 15.8 Å². The van der Waals surface area contributed by atoms with Crippen LogP contribution in [0.3, 0.4) is 0 Å². The summed E-state index contributed by atoms with van der Waals surface area (Å²) in [6.07, 6.45) is 10.6. The molecule has 0 aliphatic heterocycles. The summed E-state index contributed by atoms with van der Waals surface area (Å²) >= 11 is 0. The minimum Gasteiger partial charge on any atom is -0.310 e. The highest BCUT2D eigenvalue weighted by atomic mass is 15.3. The number of hydrogen-bond donors (Lipinski definition) is 1. The maximum Gasteiger partial charge on any atom is 0.0645 e. The Labute approximate surface area is 127 Å². The van der Waals surface area contributed by atoms with Crippen molar-refractivity contribution in [3.8, 4) is 5.69 Å². The molecule has 1 aliphatic carbocycles. The molecule has 3 heteroatoms. The molecule has 0 spiro atoms. The fraction of sp³-hybridized carbons (Fsp3) is 0.500. The standard InChI is InChI=1S/C18H25N3/c1-2-15-4-8-17(9-5-15)19-14-16-6-10-18(11-7-16)21-13-3-12-20-21/h3,6-7,10-13,15,17,19H,2,4-5,8-9,14H2,1H3. The van der Waals surface area contributed by atoms with Gasteiger partial charge in [0.25, 0.3) is 0 Å². The van der Waals surface area contributed by atoms with Gasteiger partial charge in [0.2, 0.25) is 0 Å². The Morgan fingerprint density at radius 1 is 1.14 bits per heavy atom. The van der Waals surface area contributed by atoms with E-state index >= 15 is 0 Å². The smallest absolute Gasteiger partial charge is 0.0645 e. The van der Waals surface area contributed by atoms with E-state index in [9.17, 15) is 0 Å². The van der Waals surface area contributed by atoms with Gasteiger partial charge in [0.1, 0.15) is 0 Å². The summed E-state index contributed by atoms with van der Waals surface area (Å²) in [6.45, 7) is 3.29. The third-order valence-electron chi connectivity index (χ3n) is 4.72. The number of hydrogen-bond acceptors (Lipinski definition) is 2. The molecular weight excluding hydrogens is 258 g/mol. The summed E-state index contributed by atoms with van der Waals surface area (Å²) in [4.78, 5) is 0. The second kappa shape index (κ2) is 6.90. The van der Waals surface area contributed by atoms with Crippen LogP contribution in [0.5, 0.6) is 0 Å². The van der Waals surface area contributed by atoms with E-state index in [0.717, 1.165) is 18.2 Å². The van der Waals surface area contributed by atoms with Crippen molar-refractivity contribution in [3.63, 3.8) is 0 Å². The molecule has 0 unspecified atom stereocenters. The maximum atomic E-state index is 4.25. The Kier molecular flexibility index (Phi) is 4.71. The normalized spacial score (nSPS) is 22.3. The van der Waals surface area contributed by atoms with Crippen molar-refractivity contribution < 1.29 is 0 Å². The van der Waals surface area contributed by atoms with E-state index in [-0.39, 0.29) is 0 Å². The molecule has 2 aromatic rings. The zero-order chi connectivity index (χ0) is 14.5. The zero-order valence-electron chi connectivity index (χ0n) is 12.8. The van der Waals surface area contributed by atoms with Gasteiger partial charge in [0.05, 0.1) is 5.69 Å². The van der Waals surface area contributed by atoms with Crippen LogP contribution in [-0.2, 0) is 6.54 Å². The monoisotopic (exact) mass is 283 g/mol. The summed E-state index contributed by atoms with van der Waals surface area (Å²) in [5.41, 5.74) is 2.47. The molecule has 1 aliphatic rings. The van der Waals surface area contributed by atoms with Gasteiger partial charge in [-0.1, -0.05) is 25.5 Å². The van der Waals surface area contributed by atoms with E-state index < -0.39 is 0 Å². The maximum absolute atomic E-state index is 4.25. The van der Waals surface area contributed by atoms with Crippen molar-refractivity contribution >= 4 is 0 Å². The SMILES string of the molecule is CCC1CCC(NCc2ccc(-n3cccn3)cc2)CC1. The van der Waals surface area contributed by atoms with E-state index in [1.807, 2.05) is 23.1 Å². The van der Waals surface area contributed by atoms with Gasteiger partial charge in [-0.15, -0.1) is 0 Å². The quantitative estimate of drug-likeness (QED) is 0.901. The van der Waals surface area contributed by atoms with Crippen LogP contribution in [0.2, 0.25) is 0 Å². The number of rotatable bonds is 5. The van der Waals surface area contributed by atoms with Crippen molar-refractivity contribution in [2.24, 2.45) is 5.92 Å². The van der Waals surface area contributed by atoms with Crippen LogP contribution in [0, 0.1) is 5.92 Å². The average Bonchev–Trinajstić information content (AvgIpc) is 3.08. The highest BCUT2D eigenvalue weighted by Crippen LogP contribution is 2.26. The van der Waals surface area contributed by atoms with Gasteiger partial charge in [-0.25, -0.2) is 4.68 Å². The van der Waals surface area contributed by atoms with Crippen LogP contribution >= 0.6 is 0 Å². The molecule has 1 fully saturated rings. The molecule has 1 aromatic carbocycles. The summed E-state index contributed by atoms with van der Waals surface area (Å²) in [6, 6.07) is 11.3. The lowest BCUT2D eigenvalue weighted by Crippen LogP contribution is -2.32. The Bertz CT molecular complexity index is 522. The molecule has 1 saturated carbocycles. The van der Waals surface area contributed by atoms with Crippen molar-refractivity contribution in [1.29, 1.82) is 0 Å². The van der Waals surface area contributed by atoms with Crippen molar-refractivity contribution in [2.45, 2.75) is 51.6 Å². The average molecular weight is 283 g/mol. The van der Waals surface area contributed by atoms with E-state index in [4.69, 9.17) is 0 Å². The minimum absolute atomic E-state index is 0.707. The first-order valence-corrected chi connectivity index (χ1v) is 8.17. The van der Waals surface area contributed by atoms with Gasteiger partial charge in [-0.2, -0.15) is 5.10 Å². The molecule has 0 amide bonds. The van der Waals surface area contributed by atoms with E-state index in [0.29, 0.717) is 6.04 Å². The fourth-order valence-corrected chi connectivity index (χ4v) is 3.23. The molecule has 0 saturated heterocycles. The second-order valence-electron chi connectivity index (χ2n) is 6.12. The predicted octanol–water partition coefficient (Wildman–Crippen LogP) is 3.93. The first kappa shape index (κ1) is 14.3. The lowest BCUT2D eigenvalue weighted by Gasteiger charge is -2.28. The number of benzene rings is 1. The van der Waals surface area contributed by atoms with E-state index in [2.05, 4.69) is 41.6 Å². The Hall–Kier alpha value is -1.61. The Morgan fingerprint density at radius 2 is 1.90 bits per heavy atom. The second-order valence-corrected chi connectivity index (χ2v) is 6.12. The molecular formula is C18H25N3. The first-order valence-electron chi connectivity index (χ1n) is 8.17. The summed E-state index contributed by atoms with van der Waals surface area (Å²) in [5, 5.41) is 7.97. The van der Waals surface area contributed by atoms with Gasteiger partial charge in [-0.3, -0.25) is 0 Å².